The summed E-state index contributed by atoms with van der Waals surface area (Å²) in [6, 6.07) is -0.922. The molecule has 2 fully saturated rings. The van der Waals surface area contributed by atoms with Gasteiger partial charge in [-0.05, 0) is 31.6 Å². The largest absolute Gasteiger partial charge is 0.480 e. The van der Waals surface area contributed by atoms with Crippen molar-refractivity contribution in [2.45, 2.75) is 50.6 Å². The van der Waals surface area contributed by atoms with Gasteiger partial charge in [0.15, 0.2) is 0 Å². The SMILES string of the molecule is COCCCS(=O)(=O)NCC(=O)N1C(C(=O)O)CC2CCCCC21. The number of hydrogen-bond donors (Lipinski definition) is 2. The highest BCUT2D eigenvalue weighted by atomic mass is 32.2. The van der Waals surface area contributed by atoms with Crippen molar-refractivity contribution in [2.75, 3.05) is 26.0 Å². The van der Waals surface area contributed by atoms with Gasteiger partial charge in [-0.2, -0.15) is 0 Å². The maximum atomic E-state index is 12.5. The molecule has 3 atom stereocenters. The number of carboxylic acids is 1. The Kier molecular flexibility index (Phi) is 6.59. The molecule has 3 unspecified atom stereocenters. The van der Waals surface area contributed by atoms with Crippen LogP contribution in [0.5, 0.6) is 0 Å². The van der Waals surface area contributed by atoms with Crippen molar-refractivity contribution in [2.24, 2.45) is 5.92 Å². The fourth-order valence-electron chi connectivity index (χ4n) is 3.77. The van der Waals surface area contributed by atoms with Crippen molar-refractivity contribution in [1.82, 2.24) is 9.62 Å². The van der Waals surface area contributed by atoms with Crippen LogP contribution in [0.3, 0.4) is 0 Å². The molecule has 0 aromatic rings. The summed E-state index contributed by atoms with van der Waals surface area (Å²) in [5.41, 5.74) is 0. The van der Waals surface area contributed by atoms with E-state index in [0.717, 1.165) is 25.7 Å². The number of likely N-dealkylation sites (tertiary alicyclic amines) is 1. The summed E-state index contributed by atoms with van der Waals surface area (Å²) in [5, 5.41) is 9.40. The summed E-state index contributed by atoms with van der Waals surface area (Å²) in [7, 11) is -2.08. The van der Waals surface area contributed by atoms with Crippen molar-refractivity contribution in [3.05, 3.63) is 0 Å². The van der Waals surface area contributed by atoms with E-state index >= 15 is 0 Å². The Morgan fingerprint density at radius 1 is 1.29 bits per heavy atom. The van der Waals surface area contributed by atoms with E-state index in [1.54, 1.807) is 0 Å². The van der Waals surface area contributed by atoms with E-state index < -0.39 is 27.9 Å². The van der Waals surface area contributed by atoms with Gasteiger partial charge in [0.05, 0.1) is 12.3 Å². The fraction of sp³-hybridized carbons (Fsp3) is 0.867. The third kappa shape index (κ3) is 4.67. The first-order valence-electron chi connectivity index (χ1n) is 8.36. The van der Waals surface area contributed by atoms with Crippen molar-refractivity contribution in [3.63, 3.8) is 0 Å². The molecule has 8 nitrogen and oxygen atoms in total. The number of nitrogens with zero attached hydrogens (tertiary/aromatic N) is 1. The van der Waals surface area contributed by atoms with Crippen LogP contribution in [0.4, 0.5) is 0 Å². The van der Waals surface area contributed by atoms with Crippen molar-refractivity contribution in [1.29, 1.82) is 0 Å². The van der Waals surface area contributed by atoms with Gasteiger partial charge in [0.2, 0.25) is 15.9 Å². The number of sulfonamides is 1. The zero-order valence-electron chi connectivity index (χ0n) is 13.9. The molecule has 0 aromatic heterocycles. The Morgan fingerprint density at radius 2 is 2.00 bits per heavy atom. The minimum Gasteiger partial charge on any atom is -0.480 e. The van der Waals surface area contributed by atoms with Crippen LogP contribution in [0.2, 0.25) is 0 Å². The molecule has 2 rings (SSSR count). The van der Waals surface area contributed by atoms with Gasteiger partial charge < -0.3 is 14.7 Å². The van der Waals surface area contributed by atoms with Gasteiger partial charge in [0, 0.05) is 19.8 Å². The van der Waals surface area contributed by atoms with Crippen LogP contribution in [-0.4, -0.2) is 68.4 Å². The van der Waals surface area contributed by atoms with Crippen LogP contribution in [0.25, 0.3) is 0 Å². The number of rotatable bonds is 8. The van der Waals surface area contributed by atoms with E-state index in [9.17, 15) is 23.1 Å². The molecule has 1 saturated carbocycles. The van der Waals surface area contributed by atoms with Crippen LogP contribution in [-0.2, 0) is 24.3 Å². The van der Waals surface area contributed by atoms with Crippen molar-refractivity contribution < 1.29 is 27.9 Å². The number of carbonyl (C=O) groups is 2. The predicted octanol–water partition coefficient (Wildman–Crippen LogP) is 0.187. The standard InChI is InChI=1S/C15H26N2O6S/c1-23-7-4-8-24(21,22)16-10-14(18)17-12-6-3-2-5-11(12)9-13(17)15(19)20/h11-13,16H,2-10H2,1H3,(H,19,20). The van der Waals surface area contributed by atoms with Gasteiger partial charge in [0.1, 0.15) is 6.04 Å². The van der Waals surface area contributed by atoms with Gasteiger partial charge in [-0.3, -0.25) is 4.79 Å². The summed E-state index contributed by atoms with van der Waals surface area (Å²) in [4.78, 5) is 25.4. The highest BCUT2D eigenvalue weighted by Crippen LogP contribution is 2.39. The van der Waals surface area contributed by atoms with Gasteiger partial charge in [-0.15, -0.1) is 0 Å². The highest BCUT2D eigenvalue weighted by molar-refractivity contribution is 7.89. The monoisotopic (exact) mass is 362 g/mol. The third-order valence-electron chi connectivity index (χ3n) is 4.87. The molecule has 2 aliphatic rings. The normalized spacial score (nSPS) is 27.0. The van der Waals surface area contributed by atoms with E-state index in [4.69, 9.17) is 4.74 Å². The molecule has 1 heterocycles. The number of ether oxygens (including phenoxy) is 1. The molecule has 138 valence electrons. The third-order valence-corrected chi connectivity index (χ3v) is 6.28. The molecule has 1 aliphatic carbocycles. The number of nitrogens with one attached hydrogen (secondary N) is 1. The summed E-state index contributed by atoms with van der Waals surface area (Å²) >= 11 is 0. The van der Waals surface area contributed by atoms with E-state index in [-0.39, 0.29) is 24.3 Å². The first kappa shape index (κ1) is 19.1. The van der Waals surface area contributed by atoms with Crippen LogP contribution >= 0.6 is 0 Å². The average molecular weight is 362 g/mol. The highest BCUT2D eigenvalue weighted by Gasteiger charge is 2.47. The summed E-state index contributed by atoms with van der Waals surface area (Å²) in [6.07, 6.45) is 4.56. The molecule has 24 heavy (non-hydrogen) atoms. The molecular weight excluding hydrogens is 336 g/mol. The summed E-state index contributed by atoms with van der Waals surface area (Å²) in [6.45, 7) is -0.0614. The molecule has 1 amide bonds. The number of methoxy groups -OCH3 is 1. The Balaban J connectivity index is 1.97. The second-order valence-electron chi connectivity index (χ2n) is 6.49. The molecule has 1 saturated heterocycles. The molecule has 0 aromatic carbocycles. The van der Waals surface area contributed by atoms with Gasteiger partial charge in [-0.25, -0.2) is 17.9 Å². The number of aliphatic carboxylic acids is 1. The molecule has 1 aliphatic heterocycles. The zero-order valence-corrected chi connectivity index (χ0v) is 14.8. The lowest BCUT2D eigenvalue weighted by molar-refractivity contribution is -0.149. The lowest BCUT2D eigenvalue weighted by Gasteiger charge is -2.33. The predicted molar refractivity (Wildman–Crippen MR) is 86.9 cm³/mol. The zero-order chi connectivity index (χ0) is 17.7. The first-order chi connectivity index (χ1) is 11.4. The second-order valence-corrected chi connectivity index (χ2v) is 8.42. The Labute approximate surface area is 142 Å². The van der Waals surface area contributed by atoms with Crippen LogP contribution in [0.1, 0.15) is 38.5 Å². The minimum atomic E-state index is -3.57. The number of amides is 1. The molecule has 2 N–H and O–H groups in total. The molecule has 0 bridgehead atoms. The Bertz CT molecular complexity index is 564. The average Bonchev–Trinajstić information content (AvgIpc) is 2.93. The smallest absolute Gasteiger partial charge is 0.326 e. The number of carboxylic acid groups (broad SMARTS) is 1. The van der Waals surface area contributed by atoms with Gasteiger partial charge in [-0.1, -0.05) is 12.8 Å². The lowest BCUT2D eigenvalue weighted by Crippen LogP contribution is -2.50. The molecular formula is C15H26N2O6S. The van der Waals surface area contributed by atoms with E-state index in [2.05, 4.69) is 4.72 Å². The van der Waals surface area contributed by atoms with Crippen molar-refractivity contribution >= 4 is 21.9 Å². The maximum absolute atomic E-state index is 12.5. The summed E-state index contributed by atoms with van der Waals surface area (Å²) < 4.78 is 30.8. The van der Waals surface area contributed by atoms with E-state index in [1.165, 1.54) is 12.0 Å². The maximum Gasteiger partial charge on any atom is 0.326 e. The minimum absolute atomic E-state index is 0.0784. The van der Waals surface area contributed by atoms with Crippen molar-refractivity contribution in [3.8, 4) is 0 Å². The van der Waals surface area contributed by atoms with Gasteiger partial charge >= 0.3 is 5.97 Å². The first-order valence-corrected chi connectivity index (χ1v) is 10.0. The Hall–Kier alpha value is -1.19. The topological polar surface area (TPSA) is 113 Å². The number of hydrogen-bond acceptors (Lipinski definition) is 5. The van der Waals surface area contributed by atoms with Gasteiger partial charge in [0.25, 0.3) is 0 Å². The van der Waals surface area contributed by atoms with Crippen LogP contribution in [0, 0.1) is 5.92 Å². The second kappa shape index (κ2) is 8.26. The molecule has 0 spiro atoms. The quantitative estimate of drug-likeness (QED) is 0.596. The lowest BCUT2D eigenvalue weighted by atomic mass is 9.85. The van der Waals surface area contributed by atoms with E-state index in [0.29, 0.717) is 19.4 Å². The fourth-order valence-corrected chi connectivity index (χ4v) is 4.75. The van der Waals surface area contributed by atoms with Crippen LogP contribution in [0.15, 0.2) is 0 Å². The number of fused-ring (bicyclic) bond motifs is 1. The molecule has 0 radical (unpaired) electrons. The molecule has 9 heteroatoms. The van der Waals surface area contributed by atoms with Crippen LogP contribution < -0.4 is 4.72 Å². The summed E-state index contributed by atoms with van der Waals surface area (Å²) in [5.74, 6) is -1.38. The number of carbonyl (C=O) groups excluding carboxylic acids is 1. The van der Waals surface area contributed by atoms with E-state index in [1.807, 2.05) is 0 Å². The Morgan fingerprint density at radius 3 is 2.67 bits per heavy atom.